The van der Waals surface area contributed by atoms with Gasteiger partial charge in [-0.3, -0.25) is 0 Å². The Balaban J connectivity index is 1.63. The van der Waals surface area contributed by atoms with Crippen LogP contribution < -0.4 is 5.32 Å². The number of rotatable bonds is 4. The molecule has 0 amide bonds. The van der Waals surface area contributed by atoms with E-state index in [-0.39, 0.29) is 23.7 Å². The van der Waals surface area contributed by atoms with Gasteiger partial charge in [-0.05, 0) is 59.7 Å². The van der Waals surface area contributed by atoms with Crippen LogP contribution in [-0.2, 0) is 4.74 Å². The van der Waals surface area contributed by atoms with Crippen molar-refractivity contribution in [3.63, 3.8) is 0 Å². The van der Waals surface area contributed by atoms with Crippen LogP contribution in [-0.4, -0.2) is 12.6 Å². The first-order chi connectivity index (χ1) is 13.0. The van der Waals surface area contributed by atoms with Crippen molar-refractivity contribution >= 4 is 11.7 Å². The fourth-order valence-electron chi connectivity index (χ4n) is 4.05. The van der Waals surface area contributed by atoms with Crippen molar-refractivity contribution in [2.24, 2.45) is 11.8 Å². The fourth-order valence-corrected chi connectivity index (χ4v) is 4.05. The summed E-state index contributed by atoms with van der Waals surface area (Å²) in [5.41, 5.74) is 3.83. The van der Waals surface area contributed by atoms with Crippen LogP contribution in [0.15, 0.2) is 54.6 Å². The number of hydrogen-bond acceptors (Lipinski definition) is 3. The van der Waals surface area contributed by atoms with Crippen molar-refractivity contribution in [2.45, 2.75) is 32.2 Å². The predicted molar refractivity (Wildman–Crippen MR) is 104 cm³/mol. The molecule has 2 aromatic carbocycles. The highest BCUT2D eigenvalue weighted by Crippen LogP contribution is 2.49. The molecule has 0 bridgehead atoms. The maximum Gasteiger partial charge on any atom is 0.338 e. The van der Waals surface area contributed by atoms with Gasteiger partial charge in [-0.2, -0.15) is 0 Å². The molecule has 4 rings (SSSR count). The number of hydrogen-bond donors (Lipinski definition) is 1. The average Bonchev–Trinajstić information content (AvgIpc) is 3.16. The monoisotopic (exact) mass is 365 g/mol. The first-order valence-electron chi connectivity index (χ1n) is 9.52. The highest BCUT2D eigenvalue weighted by atomic mass is 19.1. The SMILES string of the molecule is CC(C)COC(=O)c1ccc2c(c1)[C@H]1C=CC[C@H]1[C@@H](c1ccc(F)cc1)N2. The molecule has 0 fully saturated rings. The molecule has 2 aromatic rings. The second kappa shape index (κ2) is 7.18. The fraction of sp³-hybridized carbons (Fsp3) is 0.348. The van der Waals surface area contributed by atoms with Crippen LogP contribution in [0.2, 0.25) is 0 Å². The molecule has 2 aliphatic rings. The van der Waals surface area contributed by atoms with Gasteiger partial charge in [-0.1, -0.05) is 38.1 Å². The average molecular weight is 365 g/mol. The number of carbonyl (C=O) groups excluding carboxylic acids is 1. The molecule has 0 unspecified atom stereocenters. The van der Waals surface area contributed by atoms with Gasteiger partial charge in [-0.25, -0.2) is 9.18 Å². The third-order valence-electron chi connectivity index (χ3n) is 5.38. The number of benzene rings is 2. The normalized spacial score (nSPS) is 22.9. The molecule has 140 valence electrons. The largest absolute Gasteiger partial charge is 0.462 e. The number of anilines is 1. The molecule has 1 heterocycles. The van der Waals surface area contributed by atoms with Crippen molar-refractivity contribution < 1.29 is 13.9 Å². The quantitative estimate of drug-likeness (QED) is 0.577. The highest BCUT2D eigenvalue weighted by molar-refractivity contribution is 5.90. The van der Waals surface area contributed by atoms with E-state index in [4.69, 9.17) is 4.74 Å². The zero-order chi connectivity index (χ0) is 19.0. The standard InChI is InChI=1S/C23H24FNO2/c1-14(2)13-27-23(26)16-8-11-21-20(12-16)18-4-3-5-19(18)22(25-21)15-6-9-17(24)10-7-15/h3-4,6-12,14,18-19,22,25H,5,13H2,1-2H3/t18-,19+,22+/m0/s1. The van der Waals surface area contributed by atoms with Gasteiger partial charge in [0, 0.05) is 11.6 Å². The topological polar surface area (TPSA) is 38.3 Å². The number of fused-ring (bicyclic) bond motifs is 3. The summed E-state index contributed by atoms with van der Waals surface area (Å²) in [5, 5.41) is 3.61. The molecular weight excluding hydrogens is 341 g/mol. The Morgan fingerprint density at radius 1 is 1.22 bits per heavy atom. The lowest BCUT2D eigenvalue weighted by Gasteiger charge is -2.37. The molecule has 0 saturated heterocycles. The minimum Gasteiger partial charge on any atom is -0.462 e. The molecular formula is C23H24FNO2. The molecule has 0 radical (unpaired) electrons. The molecule has 3 atom stereocenters. The first-order valence-corrected chi connectivity index (χ1v) is 9.52. The van der Waals surface area contributed by atoms with Gasteiger partial charge in [0.05, 0.1) is 18.2 Å². The molecule has 1 N–H and O–H groups in total. The molecule has 1 aliphatic heterocycles. The second-order valence-corrected chi connectivity index (χ2v) is 7.82. The molecule has 0 spiro atoms. The van der Waals surface area contributed by atoms with Gasteiger partial charge in [0.2, 0.25) is 0 Å². The van der Waals surface area contributed by atoms with E-state index in [0.717, 1.165) is 23.2 Å². The summed E-state index contributed by atoms with van der Waals surface area (Å²) in [6.07, 6.45) is 5.39. The van der Waals surface area contributed by atoms with Crippen LogP contribution in [0.3, 0.4) is 0 Å². The minimum atomic E-state index is -0.273. The Morgan fingerprint density at radius 3 is 2.74 bits per heavy atom. The smallest absolute Gasteiger partial charge is 0.338 e. The maximum absolute atomic E-state index is 13.3. The van der Waals surface area contributed by atoms with Crippen LogP contribution in [0.25, 0.3) is 0 Å². The number of esters is 1. The summed E-state index contributed by atoms with van der Waals surface area (Å²) in [7, 11) is 0. The van der Waals surface area contributed by atoms with Gasteiger partial charge in [0.1, 0.15) is 5.82 Å². The van der Waals surface area contributed by atoms with Crippen LogP contribution >= 0.6 is 0 Å². The van der Waals surface area contributed by atoms with E-state index < -0.39 is 0 Å². The van der Waals surface area contributed by atoms with Crippen molar-refractivity contribution in [3.8, 4) is 0 Å². The van der Waals surface area contributed by atoms with E-state index in [2.05, 4.69) is 17.5 Å². The van der Waals surface area contributed by atoms with E-state index in [1.165, 1.54) is 12.1 Å². The molecule has 27 heavy (non-hydrogen) atoms. The van der Waals surface area contributed by atoms with E-state index in [1.807, 2.05) is 44.2 Å². The molecule has 1 aliphatic carbocycles. The van der Waals surface area contributed by atoms with Crippen LogP contribution in [0.4, 0.5) is 10.1 Å². The molecule has 3 nitrogen and oxygen atoms in total. The summed E-state index contributed by atoms with van der Waals surface area (Å²) < 4.78 is 18.7. The zero-order valence-electron chi connectivity index (χ0n) is 15.6. The first kappa shape index (κ1) is 17.8. The van der Waals surface area contributed by atoms with Gasteiger partial charge >= 0.3 is 5.97 Å². The molecule has 0 aromatic heterocycles. The molecule has 0 saturated carbocycles. The maximum atomic E-state index is 13.3. The number of carbonyl (C=O) groups is 1. The van der Waals surface area contributed by atoms with Gasteiger partial charge in [0.25, 0.3) is 0 Å². The summed E-state index contributed by atoms with van der Waals surface area (Å²) >= 11 is 0. The van der Waals surface area contributed by atoms with Crippen molar-refractivity contribution in [1.82, 2.24) is 0 Å². The van der Waals surface area contributed by atoms with E-state index in [1.54, 1.807) is 0 Å². The van der Waals surface area contributed by atoms with Crippen molar-refractivity contribution in [1.29, 1.82) is 0 Å². The highest BCUT2D eigenvalue weighted by Gasteiger charge is 2.38. The van der Waals surface area contributed by atoms with E-state index in [0.29, 0.717) is 24.0 Å². The number of nitrogens with one attached hydrogen (secondary N) is 1. The number of allylic oxidation sites excluding steroid dienone is 2. The second-order valence-electron chi connectivity index (χ2n) is 7.82. The Hall–Kier alpha value is -2.62. The van der Waals surface area contributed by atoms with Crippen LogP contribution in [0.1, 0.15) is 53.7 Å². The summed E-state index contributed by atoms with van der Waals surface area (Å²) in [6, 6.07) is 12.6. The predicted octanol–water partition coefficient (Wildman–Crippen LogP) is 5.47. The zero-order valence-corrected chi connectivity index (χ0v) is 15.6. The number of halogens is 1. The Kier molecular flexibility index (Phi) is 4.73. The number of ether oxygens (including phenoxy) is 1. The lowest BCUT2D eigenvalue weighted by atomic mass is 9.76. The van der Waals surface area contributed by atoms with E-state index in [9.17, 15) is 9.18 Å². The van der Waals surface area contributed by atoms with Crippen LogP contribution in [0.5, 0.6) is 0 Å². The Morgan fingerprint density at radius 2 is 2.00 bits per heavy atom. The van der Waals surface area contributed by atoms with Gasteiger partial charge < -0.3 is 10.1 Å². The van der Waals surface area contributed by atoms with E-state index >= 15 is 0 Å². The van der Waals surface area contributed by atoms with Crippen molar-refractivity contribution in [2.75, 3.05) is 11.9 Å². The third kappa shape index (κ3) is 3.48. The summed E-state index contributed by atoms with van der Waals surface area (Å²) in [5.74, 6) is 0.414. The third-order valence-corrected chi connectivity index (χ3v) is 5.38. The van der Waals surface area contributed by atoms with Crippen molar-refractivity contribution in [3.05, 3.63) is 77.1 Å². The van der Waals surface area contributed by atoms with Gasteiger partial charge in [-0.15, -0.1) is 0 Å². The summed E-state index contributed by atoms with van der Waals surface area (Å²) in [4.78, 5) is 12.3. The Labute approximate surface area is 159 Å². The van der Waals surface area contributed by atoms with Gasteiger partial charge in [0.15, 0.2) is 0 Å². The van der Waals surface area contributed by atoms with Crippen LogP contribution in [0, 0.1) is 17.7 Å². The molecule has 4 heteroatoms. The summed E-state index contributed by atoms with van der Waals surface area (Å²) in [6.45, 7) is 4.47. The Bertz CT molecular complexity index is 872. The minimum absolute atomic E-state index is 0.122. The lowest BCUT2D eigenvalue weighted by Crippen LogP contribution is -2.29. The lowest BCUT2D eigenvalue weighted by molar-refractivity contribution is 0.0459.